The van der Waals surface area contributed by atoms with E-state index in [0.717, 1.165) is 38.8 Å². The van der Waals surface area contributed by atoms with Crippen LogP contribution in [-0.2, 0) is 0 Å². The van der Waals surface area contributed by atoms with Gasteiger partial charge in [0.2, 0.25) is 0 Å². The fourth-order valence-corrected chi connectivity index (χ4v) is 3.25. The molecule has 3 rings (SSSR count). The fourth-order valence-electron chi connectivity index (χ4n) is 3.08. The number of rotatable bonds is 4. The molecule has 142 valence electrons. The van der Waals surface area contributed by atoms with Crippen LogP contribution in [0.15, 0.2) is 36.4 Å². The number of nitrogens with zero attached hydrogens (tertiary/aromatic N) is 2. The first-order valence-corrected chi connectivity index (χ1v) is 9.37. The van der Waals surface area contributed by atoms with E-state index in [2.05, 4.69) is 10.3 Å². The van der Waals surface area contributed by atoms with Gasteiger partial charge in [-0.15, -0.1) is 0 Å². The minimum absolute atomic E-state index is 0.133. The Morgan fingerprint density at radius 1 is 1.07 bits per heavy atom. The number of hydrogen-bond donors (Lipinski definition) is 1. The molecule has 1 N–H and O–H groups in total. The predicted molar refractivity (Wildman–Crippen MR) is 105 cm³/mol. The third-order valence-electron chi connectivity index (χ3n) is 4.50. The largest absolute Gasteiger partial charge is 0.495 e. The molecule has 0 atom stereocenters. The molecule has 1 aliphatic rings. The Morgan fingerprint density at radius 3 is 2.48 bits per heavy atom. The summed E-state index contributed by atoms with van der Waals surface area (Å²) in [5.41, 5.74) is 0.890. The number of ether oxygens (including phenoxy) is 1. The number of amides is 2. The van der Waals surface area contributed by atoms with Gasteiger partial charge >= 0.3 is 0 Å². The van der Waals surface area contributed by atoms with Crippen molar-refractivity contribution >= 4 is 29.1 Å². The van der Waals surface area contributed by atoms with Gasteiger partial charge in [-0.2, -0.15) is 0 Å². The molecule has 2 heterocycles. The lowest BCUT2D eigenvalue weighted by Gasteiger charge is -2.19. The first-order chi connectivity index (χ1) is 13.1. The van der Waals surface area contributed by atoms with Gasteiger partial charge in [0.05, 0.1) is 12.8 Å². The lowest BCUT2D eigenvalue weighted by molar-refractivity contribution is 0.0755. The van der Waals surface area contributed by atoms with Crippen LogP contribution in [-0.4, -0.2) is 41.9 Å². The van der Waals surface area contributed by atoms with Gasteiger partial charge < -0.3 is 15.0 Å². The van der Waals surface area contributed by atoms with Gasteiger partial charge in [0.15, 0.2) is 0 Å². The number of benzene rings is 1. The molecule has 0 unspecified atom stereocenters. The summed E-state index contributed by atoms with van der Waals surface area (Å²) in [5, 5.41) is 3.21. The standard InChI is InChI=1S/C20H22ClN3O3/c1-27-18-10-9-14(21)13-17(18)23-19(25)15-7-6-8-16(22-15)20(26)24-11-4-2-3-5-12-24/h6-10,13H,2-5,11-12H2,1H3,(H,23,25). The van der Waals surface area contributed by atoms with Crippen LogP contribution in [0.25, 0.3) is 0 Å². The summed E-state index contributed by atoms with van der Waals surface area (Å²) in [7, 11) is 1.51. The Labute approximate surface area is 163 Å². The number of pyridine rings is 1. The highest BCUT2D eigenvalue weighted by Gasteiger charge is 2.20. The monoisotopic (exact) mass is 387 g/mol. The number of anilines is 1. The normalized spacial score (nSPS) is 14.4. The zero-order valence-electron chi connectivity index (χ0n) is 15.2. The highest BCUT2D eigenvalue weighted by atomic mass is 35.5. The summed E-state index contributed by atoms with van der Waals surface area (Å²) in [4.78, 5) is 31.4. The van der Waals surface area contributed by atoms with Gasteiger partial charge in [-0.3, -0.25) is 9.59 Å². The predicted octanol–water partition coefficient (Wildman–Crippen LogP) is 4.01. The Hall–Kier alpha value is -2.60. The smallest absolute Gasteiger partial charge is 0.274 e. The van der Waals surface area contributed by atoms with Crippen molar-refractivity contribution in [1.29, 1.82) is 0 Å². The highest BCUT2D eigenvalue weighted by Crippen LogP contribution is 2.28. The molecule has 1 aliphatic heterocycles. The van der Waals surface area contributed by atoms with E-state index >= 15 is 0 Å². The maximum atomic E-state index is 12.7. The zero-order chi connectivity index (χ0) is 19.2. The molecule has 1 saturated heterocycles. The maximum Gasteiger partial charge on any atom is 0.274 e. The van der Waals surface area contributed by atoms with Crippen LogP contribution >= 0.6 is 11.6 Å². The molecule has 7 heteroatoms. The van der Waals surface area contributed by atoms with Crippen molar-refractivity contribution in [3.8, 4) is 5.75 Å². The Morgan fingerprint density at radius 2 is 1.78 bits per heavy atom. The van der Waals surface area contributed by atoms with Gasteiger partial charge in [-0.1, -0.05) is 30.5 Å². The molecule has 27 heavy (non-hydrogen) atoms. The molecule has 1 fully saturated rings. The second-order valence-corrected chi connectivity index (χ2v) is 6.85. The van der Waals surface area contributed by atoms with E-state index in [1.807, 2.05) is 4.90 Å². The van der Waals surface area contributed by atoms with E-state index in [1.54, 1.807) is 36.4 Å². The molecule has 0 saturated carbocycles. The molecule has 1 aromatic heterocycles. The van der Waals surface area contributed by atoms with Gasteiger partial charge in [0.25, 0.3) is 11.8 Å². The first kappa shape index (κ1) is 19.2. The average Bonchev–Trinajstić information content (AvgIpc) is 2.97. The second-order valence-electron chi connectivity index (χ2n) is 6.41. The maximum absolute atomic E-state index is 12.7. The van der Waals surface area contributed by atoms with Crippen LogP contribution in [0.5, 0.6) is 5.75 Å². The SMILES string of the molecule is COc1ccc(Cl)cc1NC(=O)c1cccc(C(=O)N2CCCCCC2)n1. The van der Waals surface area contributed by atoms with E-state index in [4.69, 9.17) is 16.3 Å². The minimum atomic E-state index is -0.430. The van der Waals surface area contributed by atoms with E-state index < -0.39 is 5.91 Å². The van der Waals surface area contributed by atoms with Crippen molar-refractivity contribution in [2.24, 2.45) is 0 Å². The molecule has 2 amide bonds. The molecule has 0 bridgehead atoms. The van der Waals surface area contributed by atoms with Crippen molar-refractivity contribution in [3.05, 3.63) is 52.8 Å². The molecule has 0 aliphatic carbocycles. The highest BCUT2D eigenvalue weighted by molar-refractivity contribution is 6.31. The van der Waals surface area contributed by atoms with E-state index in [0.29, 0.717) is 16.5 Å². The molecule has 2 aromatic rings. The number of nitrogens with one attached hydrogen (secondary N) is 1. The van der Waals surface area contributed by atoms with Crippen molar-refractivity contribution in [2.75, 3.05) is 25.5 Å². The molecular formula is C20H22ClN3O3. The van der Waals surface area contributed by atoms with E-state index in [-0.39, 0.29) is 17.3 Å². The molecular weight excluding hydrogens is 366 g/mol. The Balaban J connectivity index is 1.77. The number of halogens is 1. The fraction of sp³-hybridized carbons (Fsp3) is 0.350. The van der Waals surface area contributed by atoms with Crippen molar-refractivity contribution in [1.82, 2.24) is 9.88 Å². The third kappa shape index (κ3) is 4.77. The quantitative estimate of drug-likeness (QED) is 0.860. The minimum Gasteiger partial charge on any atom is -0.495 e. The average molecular weight is 388 g/mol. The Kier molecular flexibility index (Phi) is 6.29. The summed E-state index contributed by atoms with van der Waals surface area (Å²) >= 11 is 6.00. The number of carbonyl (C=O) groups excluding carboxylic acids is 2. The molecule has 0 radical (unpaired) electrons. The molecule has 0 spiro atoms. The number of carbonyl (C=O) groups is 2. The van der Waals surface area contributed by atoms with Gasteiger partial charge in [-0.25, -0.2) is 4.98 Å². The van der Waals surface area contributed by atoms with Crippen LogP contribution in [0.1, 0.15) is 46.7 Å². The van der Waals surface area contributed by atoms with Crippen LogP contribution in [0.4, 0.5) is 5.69 Å². The lowest BCUT2D eigenvalue weighted by atomic mass is 10.2. The Bertz CT molecular complexity index is 833. The van der Waals surface area contributed by atoms with Crippen LogP contribution in [0.2, 0.25) is 5.02 Å². The summed E-state index contributed by atoms with van der Waals surface area (Å²) in [6, 6.07) is 9.83. The van der Waals surface area contributed by atoms with Crippen LogP contribution in [0, 0.1) is 0 Å². The topological polar surface area (TPSA) is 71.5 Å². The third-order valence-corrected chi connectivity index (χ3v) is 4.74. The summed E-state index contributed by atoms with van der Waals surface area (Å²) in [5.74, 6) is -0.0717. The van der Waals surface area contributed by atoms with Crippen LogP contribution < -0.4 is 10.1 Å². The van der Waals surface area contributed by atoms with Gasteiger partial charge in [0, 0.05) is 18.1 Å². The lowest BCUT2D eigenvalue weighted by Crippen LogP contribution is -2.32. The summed E-state index contributed by atoms with van der Waals surface area (Å²) < 4.78 is 5.24. The number of likely N-dealkylation sites (tertiary alicyclic amines) is 1. The zero-order valence-corrected chi connectivity index (χ0v) is 16.0. The van der Waals surface area contributed by atoms with Gasteiger partial charge in [-0.05, 0) is 43.2 Å². The van der Waals surface area contributed by atoms with Crippen molar-refractivity contribution in [2.45, 2.75) is 25.7 Å². The molecule has 1 aromatic carbocycles. The van der Waals surface area contributed by atoms with Gasteiger partial charge in [0.1, 0.15) is 17.1 Å². The summed E-state index contributed by atoms with van der Waals surface area (Å²) in [6.45, 7) is 1.47. The van der Waals surface area contributed by atoms with Crippen LogP contribution in [0.3, 0.4) is 0 Å². The van der Waals surface area contributed by atoms with Crippen molar-refractivity contribution < 1.29 is 14.3 Å². The van der Waals surface area contributed by atoms with E-state index in [1.165, 1.54) is 7.11 Å². The first-order valence-electron chi connectivity index (χ1n) is 8.99. The summed E-state index contributed by atoms with van der Waals surface area (Å²) in [6.07, 6.45) is 4.28. The number of methoxy groups -OCH3 is 1. The molecule has 6 nitrogen and oxygen atoms in total. The number of hydrogen-bond acceptors (Lipinski definition) is 4. The van der Waals surface area contributed by atoms with E-state index in [9.17, 15) is 9.59 Å². The van der Waals surface area contributed by atoms with Crippen molar-refractivity contribution in [3.63, 3.8) is 0 Å². The number of aromatic nitrogens is 1. The second kappa shape index (κ2) is 8.86.